The van der Waals surface area contributed by atoms with E-state index in [9.17, 15) is 4.79 Å². The molecule has 0 fully saturated rings. The standard InChI is InChI=1S/C23H30O4/c1-5-7-21(23(24)27-6-2)22(18-10-14-20(26-4)15-11-18)16-17-8-12-19(25-3)13-9-17/h8-15,21-22H,5-7,16H2,1-4H3. The molecule has 2 unspecified atom stereocenters. The zero-order valence-electron chi connectivity index (χ0n) is 16.7. The maximum atomic E-state index is 12.7. The first kappa shape index (κ1) is 20.8. The number of esters is 1. The van der Waals surface area contributed by atoms with Gasteiger partial charge in [-0.05, 0) is 55.2 Å². The van der Waals surface area contributed by atoms with Gasteiger partial charge in [0.2, 0.25) is 0 Å². The number of carbonyl (C=O) groups is 1. The Kier molecular flexibility index (Phi) is 8.18. The van der Waals surface area contributed by atoms with Crippen molar-refractivity contribution < 1.29 is 19.0 Å². The molecule has 0 bridgehead atoms. The van der Waals surface area contributed by atoms with E-state index < -0.39 is 0 Å². The average Bonchev–Trinajstić information content (AvgIpc) is 2.71. The second-order valence-electron chi connectivity index (χ2n) is 6.58. The summed E-state index contributed by atoms with van der Waals surface area (Å²) in [6.07, 6.45) is 2.49. The molecule has 0 amide bonds. The van der Waals surface area contributed by atoms with Crippen molar-refractivity contribution >= 4 is 5.97 Å². The van der Waals surface area contributed by atoms with E-state index in [0.717, 1.165) is 36.3 Å². The first-order valence-corrected chi connectivity index (χ1v) is 9.56. The lowest BCUT2D eigenvalue weighted by atomic mass is 9.79. The Morgan fingerprint density at radius 2 is 1.44 bits per heavy atom. The fourth-order valence-electron chi connectivity index (χ4n) is 3.40. The summed E-state index contributed by atoms with van der Waals surface area (Å²) in [4.78, 5) is 12.7. The first-order chi connectivity index (χ1) is 13.1. The van der Waals surface area contributed by atoms with E-state index in [4.69, 9.17) is 14.2 Å². The Bertz CT molecular complexity index is 691. The summed E-state index contributed by atoms with van der Waals surface area (Å²) in [7, 11) is 3.32. The fourth-order valence-corrected chi connectivity index (χ4v) is 3.40. The molecule has 0 spiro atoms. The average molecular weight is 370 g/mol. The Morgan fingerprint density at radius 3 is 1.93 bits per heavy atom. The summed E-state index contributed by atoms with van der Waals surface area (Å²) in [5.41, 5.74) is 2.29. The maximum Gasteiger partial charge on any atom is 0.309 e. The van der Waals surface area contributed by atoms with Crippen LogP contribution in [-0.4, -0.2) is 26.8 Å². The van der Waals surface area contributed by atoms with Crippen molar-refractivity contribution in [1.82, 2.24) is 0 Å². The third-order valence-electron chi connectivity index (χ3n) is 4.83. The molecule has 2 aromatic rings. The number of methoxy groups -OCH3 is 2. The summed E-state index contributed by atoms with van der Waals surface area (Å²) in [5, 5.41) is 0. The molecule has 146 valence electrons. The van der Waals surface area contributed by atoms with Crippen LogP contribution in [0, 0.1) is 5.92 Å². The second kappa shape index (κ2) is 10.6. The number of benzene rings is 2. The molecule has 0 aliphatic heterocycles. The lowest BCUT2D eigenvalue weighted by molar-refractivity contribution is -0.149. The van der Waals surface area contributed by atoms with Crippen molar-refractivity contribution in [1.29, 1.82) is 0 Å². The fraction of sp³-hybridized carbons (Fsp3) is 0.435. The molecule has 0 N–H and O–H groups in total. The third kappa shape index (κ3) is 5.75. The summed E-state index contributed by atoms with van der Waals surface area (Å²) < 4.78 is 15.9. The topological polar surface area (TPSA) is 44.8 Å². The second-order valence-corrected chi connectivity index (χ2v) is 6.58. The van der Waals surface area contributed by atoms with Crippen molar-refractivity contribution in [2.75, 3.05) is 20.8 Å². The lowest BCUT2D eigenvalue weighted by Crippen LogP contribution is -2.26. The number of hydrogen-bond acceptors (Lipinski definition) is 4. The van der Waals surface area contributed by atoms with Gasteiger partial charge in [-0.2, -0.15) is 0 Å². The van der Waals surface area contributed by atoms with Crippen LogP contribution >= 0.6 is 0 Å². The molecule has 0 saturated carbocycles. The van der Waals surface area contributed by atoms with Gasteiger partial charge >= 0.3 is 5.97 Å². The molecule has 0 aliphatic carbocycles. The number of rotatable bonds is 10. The summed E-state index contributed by atoms with van der Waals surface area (Å²) >= 11 is 0. The van der Waals surface area contributed by atoms with E-state index in [0.29, 0.717) is 6.61 Å². The van der Waals surface area contributed by atoms with Crippen molar-refractivity contribution in [2.24, 2.45) is 5.92 Å². The van der Waals surface area contributed by atoms with Gasteiger partial charge in [-0.1, -0.05) is 37.6 Å². The Labute approximate surface area is 162 Å². The van der Waals surface area contributed by atoms with E-state index >= 15 is 0 Å². The Hall–Kier alpha value is -2.49. The van der Waals surface area contributed by atoms with Crippen molar-refractivity contribution in [3.05, 3.63) is 59.7 Å². The number of carbonyl (C=O) groups excluding carboxylic acids is 1. The molecule has 2 atom stereocenters. The van der Waals surface area contributed by atoms with Gasteiger partial charge in [-0.25, -0.2) is 0 Å². The molecule has 0 radical (unpaired) electrons. The number of ether oxygens (including phenoxy) is 3. The van der Waals surface area contributed by atoms with Gasteiger partial charge in [0.05, 0.1) is 26.7 Å². The summed E-state index contributed by atoms with van der Waals surface area (Å²) in [5.74, 6) is 1.39. The maximum absolute atomic E-state index is 12.7. The molecular formula is C23H30O4. The van der Waals surface area contributed by atoms with Crippen LogP contribution in [0.2, 0.25) is 0 Å². The molecular weight excluding hydrogens is 340 g/mol. The molecule has 0 saturated heterocycles. The first-order valence-electron chi connectivity index (χ1n) is 9.56. The van der Waals surface area contributed by atoms with Crippen molar-refractivity contribution in [3.8, 4) is 11.5 Å². The van der Waals surface area contributed by atoms with Gasteiger partial charge in [0.25, 0.3) is 0 Å². The minimum Gasteiger partial charge on any atom is -0.497 e. The van der Waals surface area contributed by atoms with Gasteiger partial charge in [-0.15, -0.1) is 0 Å². The van der Waals surface area contributed by atoms with E-state index in [-0.39, 0.29) is 17.8 Å². The Balaban J connectivity index is 2.36. The van der Waals surface area contributed by atoms with Crippen LogP contribution in [0.25, 0.3) is 0 Å². The minimum atomic E-state index is -0.176. The highest BCUT2D eigenvalue weighted by Crippen LogP contribution is 2.34. The normalized spacial score (nSPS) is 12.9. The van der Waals surface area contributed by atoms with Gasteiger partial charge in [-0.3, -0.25) is 4.79 Å². The SMILES string of the molecule is CCCC(C(=O)OCC)C(Cc1ccc(OC)cc1)c1ccc(OC)cc1. The van der Waals surface area contributed by atoms with Crippen LogP contribution < -0.4 is 9.47 Å². The highest BCUT2D eigenvalue weighted by Gasteiger charge is 2.30. The van der Waals surface area contributed by atoms with Gasteiger partial charge in [0, 0.05) is 5.92 Å². The van der Waals surface area contributed by atoms with Crippen LogP contribution in [0.1, 0.15) is 43.7 Å². The predicted molar refractivity (Wildman–Crippen MR) is 107 cm³/mol. The molecule has 0 heterocycles. The summed E-state index contributed by atoms with van der Waals surface area (Å²) in [6, 6.07) is 16.0. The van der Waals surface area contributed by atoms with Crippen LogP contribution in [-0.2, 0) is 16.0 Å². The van der Waals surface area contributed by atoms with Gasteiger partial charge < -0.3 is 14.2 Å². The van der Waals surface area contributed by atoms with Crippen LogP contribution in [0.5, 0.6) is 11.5 Å². The highest BCUT2D eigenvalue weighted by atomic mass is 16.5. The third-order valence-corrected chi connectivity index (χ3v) is 4.83. The zero-order valence-corrected chi connectivity index (χ0v) is 16.7. The minimum absolute atomic E-state index is 0.0447. The largest absolute Gasteiger partial charge is 0.497 e. The Morgan fingerprint density at radius 1 is 0.889 bits per heavy atom. The zero-order chi connectivity index (χ0) is 19.6. The van der Waals surface area contributed by atoms with Crippen molar-refractivity contribution in [2.45, 2.75) is 39.0 Å². The van der Waals surface area contributed by atoms with Crippen molar-refractivity contribution in [3.63, 3.8) is 0 Å². The van der Waals surface area contributed by atoms with Crippen LogP contribution in [0.4, 0.5) is 0 Å². The molecule has 2 rings (SSSR count). The summed E-state index contributed by atoms with van der Waals surface area (Å²) in [6.45, 7) is 4.36. The van der Waals surface area contributed by atoms with E-state index in [2.05, 4.69) is 31.2 Å². The molecule has 0 aromatic heterocycles. The van der Waals surface area contributed by atoms with E-state index in [1.165, 1.54) is 5.56 Å². The smallest absolute Gasteiger partial charge is 0.309 e. The predicted octanol–water partition coefficient (Wildman–Crippen LogP) is 5.01. The van der Waals surface area contributed by atoms with Gasteiger partial charge in [0.1, 0.15) is 11.5 Å². The van der Waals surface area contributed by atoms with Crippen LogP contribution in [0.15, 0.2) is 48.5 Å². The monoisotopic (exact) mass is 370 g/mol. The molecule has 4 nitrogen and oxygen atoms in total. The molecule has 2 aromatic carbocycles. The van der Waals surface area contributed by atoms with E-state index in [1.54, 1.807) is 14.2 Å². The highest BCUT2D eigenvalue weighted by molar-refractivity contribution is 5.74. The van der Waals surface area contributed by atoms with Gasteiger partial charge in [0.15, 0.2) is 0 Å². The lowest BCUT2D eigenvalue weighted by Gasteiger charge is -2.26. The molecule has 4 heteroatoms. The number of hydrogen-bond donors (Lipinski definition) is 0. The van der Waals surface area contributed by atoms with E-state index in [1.807, 2.05) is 31.2 Å². The van der Waals surface area contributed by atoms with Crippen LogP contribution in [0.3, 0.4) is 0 Å². The quantitative estimate of drug-likeness (QED) is 0.552. The molecule has 0 aliphatic rings. The molecule has 27 heavy (non-hydrogen) atoms.